The van der Waals surface area contributed by atoms with E-state index in [0.29, 0.717) is 28.9 Å². The Hall–Kier alpha value is -6.80. The molecule has 0 aliphatic rings. The number of pyridine rings is 2. The van der Waals surface area contributed by atoms with Crippen molar-refractivity contribution >= 4 is 31.5 Å². The first-order chi connectivity index (χ1) is 32.7. The highest BCUT2D eigenvalue weighted by atomic mass is 32.2. The van der Waals surface area contributed by atoms with Gasteiger partial charge in [0.2, 0.25) is 0 Å². The monoisotopic (exact) mass is 1010 g/mol. The van der Waals surface area contributed by atoms with E-state index < -0.39 is 66.1 Å². The van der Waals surface area contributed by atoms with Crippen LogP contribution in [-0.2, 0) is 45.1 Å². The molecule has 0 radical (unpaired) electrons. The van der Waals surface area contributed by atoms with Crippen molar-refractivity contribution in [1.29, 1.82) is 0 Å². The molecule has 70 heavy (non-hydrogen) atoms. The number of alkyl halides is 6. The molecule has 12 nitrogen and oxygen atoms in total. The normalized spacial score (nSPS) is 12.0. The van der Waals surface area contributed by atoms with Gasteiger partial charge in [-0.3, -0.25) is 28.3 Å². The maximum Gasteiger partial charge on any atom is 0.416 e. The number of aromatic nitrogens is 2. The lowest BCUT2D eigenvalue weighted by molar-refractivity contribution is -0.138. The highest BCUT2D eigenvalue weighted by molar-refractivity contribution is 7.91. The predicted molar refractivity (Wildman–Crippen MR) is 253 cm³/mol. The van der Waals surface area contributed by atoms with E-state index >= 15 is 0 Å². The van der Waals surface area contributed by atoms with Gasteiger partial charge in [0.05, 0.1) is 32.4 Å². The number of benzene rings is 4. The second-order valence-electron chi connectivity index (χ2n) is 16.7. The van der Waals surface area contributed by atoms with Crippen LogP contribution in [0.25, 0.3) is 11.4 Å². The SMILES string of the molecule is CCCCS(=O)(=O)c1ccc(CNC(=O)c2ccc(C)n(-c3cccc(C(F)(F)F)c3)c2=O)cc1.Cc1ccc(C(=O)NCc2ccc(S(=O)(=O)CC(C)C)cc2)c(=O)n1-c1cccc(C(F)(F)F)c1. The van der Waals surface area contributed by atoms with Crippen molar-refractivity contribution in [3.05, 3.63) is 187 Å². The summed E-state index contributed by atoms with van der Waals surface area (Å²) in [6, 6.07) is 26.4. The summed E-state index contributed by atoms with van der Waals surface area (Å²) < 4.78 is 130. The summed E-state index contributed by atoms with van der Waals surface area (Å²) >= 11 is 0. The van der Waals surface area contributed by atoms with Crippen LogP contribution in [0.1, 0.15) is 88.0 Å². The fourth-order valence-corrected chi connectivity index (χ4v) is 10.1. The van der Waals surface area contributed by atoms with E-state index in [4.69, 9.17) is 0 Å². The van der Waals surface area contributed by atoms with Gasteiger partial charge >= 0.3 is 12.4 Å². The van der Waals surface area contributed by atoms with Crippen molar-refractivity contribution in [3.8, 4) is 11.4 Å². The summed E-state index contributed by atoms with van der Waals surface area (Å²) in [5.41, 5.74) is -1.81. The number of rotatable bonds is 15. The number of aryl methyl sites for hydroxylation is 2. The molecule has 20 heteroatoms. The lowest BCUT2D eigenvalue weighted by Crippen LogP contribution is -2.33. The molecule has 0 aliphatic heterocycles. The number of sulfone groups is 2. The van der Waals surface area contributed by atoms with Crippen LogP contribution in [0.5, 0.6) is 0 Å². The molecule has 4 aromatic carbocycles. The van der Waals surface area contributed by atoms with Gasteiger partial charge in [0.25, 0.3) is 22.9 Å². The average molecular weight is 1010 g/mol. The van der Waals surface area contributed by atoms with E-state index in [1.165, 1.54) is 72.8 Å². The van der Waals surface area contributed by atoms with E-state index in [1.54, 1.807) is 38.1 Å². The minimum atomic E-state index is -4.58. The molecule has 0 bridgehead atoms. The van der Waals surface area contributed by atoms with Crippen molar-refractivity contribution in [2.24, 2.45) is 5.92 Å². The first-order valence-electron chi connectivity index (χ1n) is 21.7. The third-order valence-corrected chi connectivity index (χ3v) is 14.6. The van der Waals surface area contributed by atoms with Gasteiger partial charge in [-0.05, 0) is 122 Å². The molecular formula is C50H50F6N4O8S2. The molecule has 0 fully saturated rings. The molecule has 0 unspecified atom stereocenters. The minimum absolute atomic E-state index is 0.00292. The third-order valence-electron chi connectivity index (χ3n) is 10.7. The topological polar surface area (TPSA) is 170 Å². The summed E-state index contributed by atoms with van der Waals surface area (Å²) in [4.78, 5) is 51.8. The molecule has 0 saturated heterocycles. The average Bonchev–Trinajstić information content (AvgIpc) is 3.29. The number of unbranched alkanes of at least 4 members (excludes halogenated alkanes) is 1. The molecular weight excluding hydrogens is 963 g/mol. The molecule has 2 aromatic heterocycles. The molecule has 372 valence electrons. The van der Waals surface area contributed by atoms with Crippen LogP contribution in [0.3, 0.4) is 0 Å². The van der Waals surface area contributed by atoms with Gasteiger partial charge in [-0.25, -0.2) is 16.8 Å². The van der Waals surface area contributed by atoms with Gasteiger partial charge in [-0.15, -0.1) is 0 Å². The molecule has 0 spiro atoms. The Morgan fingerprint density at radius 1 is 0.571 bits per heavy atom. The van der Waals surface area contributed by atoms with Crippen LogP contribution in [0.4, 0.5) is 26.3 Å². The van der Waals surface area contributed by atoms with Crippen molar-refractivity contribution in [2.45, 2.75) is 82.7 Å². The minimum Gasteiger partial charge on any atom is -0.348 e. The van der Waals surface area contributed by atoms with Gasteiger partial charge < -0.3 is 10.6 Å². The third kappa shape index (κ3) is 13.7. The number of carbonyl (C=O) groups is 2. The fraction of sp³-hybridized carbons (Fsp3) is 0.280. The summed E-state index contributed by atoms with van der Waals surface area (Å²) in [6.07, 6.45) is -7.83. The van der Waals surface area contributed by atoms with E-state index in [0.717, 1.165) is 39.8 Å². The molecule has 2 amide bonds. The maximum atomic E-state index is 13.1. The first-order valence-corrected chi connectivity index (χ1v) is 25.0. The van der Waals surface area contributed by atoms with Gasteiger partial charge in [0.15, 0.2) is 19.7 Å². The molecule has 2 N–H and O–H groups in total. The number of amides is 2. The second kappa shape index (κ2) is 22.3. The smallest absolute Gasteiger partial charge is 0.348 e. The molecule has 6 rings (SSSR count). The van der Waals surface area contributed by atoms with E-state index in [2.05, 4.69) is 10.6 Å². The largest absolute Gasteiger partial charge is 0.416 e. The molecule has 2 heterocycles. The summed E-state index contributed by atoms with van der Waals surface area (Å²) in [7, 11) is -6.77. The summed E-state index contributed by atoms with van der Waals surface area (Å²) in [5.74, 6) is -1.34. The van der Waals surface area contributed by atoms with Crippen LogP contribution >= 0.6 is 0 Å². The standard InChI is InChI=1S/2C25H25F3N2O4S/c1-16(2)15-35(33,34)21-10-8-18(9-11-21)14-29-23(31)22-12-7-17(3)30(24(22)32)20-6-4-5-19(13-20)25(26,27)28;1-3-4-14-35(33,34)21-11-9-18(10-12-21)16-29-23(31)22-13-8-17(2)30(24(22)32)20-7-5-6-19(15-20)25(26,27)28/h4-13,16H,14-15H2,1-3H3,(H,29,31);5-13,15H,3-4,14,16H2,1-2H3,(H,29,31). The fourth-order valence-electron chi connectivity index (χ4n) is 7.06. The van der Waals surface area contributed by atoms with E-state index in [-0.39, 0.29) is 62.8 Å². The number of hydrogen-bond acceptors (Lipinski definition) is 8. The Morgan fingerprint density at radius 3 is 1.31 bits per heavy atom. The first kappa shape index (κ1) is 54.1. The highest BCUT2D eigenvalue weighted by Crippen LogP contribution is 2.31. The Kier molecular flexibility index (Phi) is 17.3. The quantitative estimate of drug-likeness (QED) is 0.0960. The number of carbonyl (C=O) groups excluding carboxylic acids is 2. The van der Waals surface area contributed by atoms with Crippen LogP contribution in [-0.4, -0.2) is 49.3 Å². The molecule has 0 saturated carbocycles. The molecule has 0 atom stereocenters. The second-order valence-corrected chi connectivity index (χ2v) is 20.8. The van der Waals surface area contributed by atoms with E-state index in [9.17, 15) is 62.4 Å². The highest BCUT2D eigenvalue weighted by Gasteiger charge is 2.32. The number of hydrogen-bond donors (Lipinski definition) is 2. The number of halogens is 6. The summed E-state index contributed by atoms with van der Waals surface area (Å²) in [5, 5.41) is 5.20. The lowest BCUT2D eigenvalue weighted by Gasteiger charge is -2.14. The summed E-state index contributed by atoms with van der Waals surface area (Å²) in [6.45, 7) is 8.70. The van der Waals surface area contributed by atoms with Crippen LogP contribution in [0.2, 0.25) is 0 Å². The zero-order chi connectivity index (χ0) is 51.8. The van der Waals surface area contributed by atoms with Crippen LogP contribution < -0.4 is 21.8 Å². The van der Waals surface area contributed by atoms with Crippen molar-refractivity contribution in [2.75, 3.05) is 11.5 Å². The molecule has 0 aliphatic carbocycles. The van der Waals surface area contributed by atoms with Gasteiger partial charge in [0.1, 0.15) is 11.1 Å². The number of nitrogens with one attached hydrogen (secondary N) is 2. The van der Waals surface area contributed by atoms with Crippen molar-refractivity contribution in [3.63, 3.8) is 0 Å². The van der Waals surface area contributed by atoms with Crippen LogP contribution in [0, 0.1) is 19.8 Å². The zero-order valence-electron chi connectivity index (χ0n) is 38.6. The van der Waals surface area contributed by atoms with E-state index in [1.807, 2.05) is 20.8 Å². The Labute approximate surface area is 400 Å². The molecule has 6 aromatic rings. The van der Waals surface area contributed by atoms with Crippen LogP contribution in [0.15, 0.2) is 141 Å². The van der Waals surface area contributed by atoms with Gasteiger partial charge in [0, 0.05) is 35.9 Å². The Balaban J connectivity index is 0.000000261. The Bertz CT molecular complexity index is 3200. The van der Waals surface area contributed by atoms with Crippen molar-refractivity contribution < 1.29 is 52.8 Å². The van der Waals surface area contributed by atoms with Gasteiger partial charge in [-0.1, -0.05) is 63.6 Å². The lowest BCUT2D eigenvalue weighted by atomic mass is 10.1. The van der Waals surface area contributed by atoms with Crippen molar-refractivity contribution in [1.82, 2.24) is 19.8 Å². The maximum absolute atomic E-state index is 13.1. The Morgan fingerprint density at radius 2 is 0.957 bits per heavy atom. The zero-order valence-corrected chi connectivity index (χ0v) is 40.2. The number of nitrogens with zero attached hydrogens (tertiary/aromatic N) is 2. The van der Waals surface area contributed by atoms with Gasteiger partial charge in [-0.2, -0.15) is 26.3 Å². The predicted octanol–water partition coefficient (Wildman–Crippen LogP) is 9.19.